The van der Waals surface area contributed by atoms with Crippen molar-refractivity contribution in [2.75, 3.05) is 0 Å². The first kappa shape index (κ1) is 30.4. The van der Waals surface area contributed by atoms with Crippen molar-refractivity contribution in [2.45, 2.75) is 0 Å². The molecule has 4 heterocycles. The monoisotopic (exact) mass is 713 g/mol. The van der Waals surface area contributed by atoms with Gasteiger partial charge in [-0.25, -0.2) is 0 Å². The molecule has 0 radical (unpaired) electrons. The van der Waals surface area contributed by atoms with Crippen molar-refractivity contribution < 1.29 is 4.42 Å². The third-order valence-corrected chi connectivity index (χ3v) is 11.5. The van der Waals surface area contributed by atoms with Crippen molar-refractivity contribution >= 4 is 87.4 Å². The molecule has 0 saturated heterocycles. The molecule has 8 aromatic carbocycles. The van der Waals surface area contributed by atoms with Crippen LogP contribution >= 0.6 is 0 Å². The van der Waals surface area contributed by atoms with E-state index in [9.17, 15) is 10.5 Å². The van der Waals surface area contributed by atoms with Gasteiger partial charge in [-0.05, 0) is 72.8 Å². The van der Waals surface area contributed by atoms with Crippen LogP contribution in [0.2, 0.25) is 0 Å². The lowest BCUT2D eigenvalue weighted by atomic mass is 10.0. The van der Waals surface area contributed by atoms with Crippen LogP contribution in [0, 0.1) is 22.7 Å². The Balaban J connectivity index is 1.22. The zero-order valence-corrected chi connectivity index (χ0v) is 29.7. The number of nitriles is 2. The van der Waals surface area contributed by atoms with E-state index in [1.54, 1.807) is 0 Å². The van der Waals surface area contributed by atoms with E-state index in [0.717, 1.165) is 88.0 Å². The van der Waals surface area contributed by atoms with Gasteiger partial charge >= 0.3 is 0 Å². The Hall–Kier alpha value is -8.06. The number of fused-ring (bicyclic) bond motifs is 13. The number of nitrogens with zero attached hydrogens (tertiary/aromatic N) is 5. The maximum absolute atomic E-state index is 10.7. The SMILES string of the molecule is N#Cc1cc(-n2c3ccc(-n4c5ccccc5c5ccccc54)cc3c3c4oc5ccccc5c4ccc32)cc(-n2c3ccccc3c3ccccc32)c1C#N. The number of rotatable bonds is 3. The number of para-hydroxylation sites is 5. The fraction of sp³-hybridized carbons (Fsp3) is 0. The number of benzene rings is 8. The van der Waals surface area contributed by atoms with Crippen molar-refractivity contribution in [2.24, 2.45) is 0 Å². The predicted octanol–water partition coefficient (Wildman–Crippen LogP) is 12.6. The van der Waals surface area contributed by atoms with Crippen LogP contribution in [-0.2, 0) is 0 Å². The zero-order chi connectivity index (χ0) is 37.1. The van der Waals surface area contributed by atoms with Gasteiger partial charge in [0.1, 0.15) is 23.3 Å². The Morgan fingerprint density at radius 2 is 0.911 bits per heavy atom. The second kappa shape index (κ2) is 11.2. The molecule has 6 heteroatoms. The molecule has 0 unspecified atom stereocenters. The maximum Gasteiger partial charge on any atom is 0.145 e. The molecule has 12 aromatic rings. The average molecular weight is 714 g/mol. The molecular weight excluding hydrogens is 687 g/mol. The highest BCUT2D eigenvalue weighted by molar-refractivity contribution is 6.24. The van der Waals surface area contributed by atoms with Crippen molar-refractivity contribution in [3.8, 4) is 29.2 Å². The summed E-state index contributed by atoms with van der Waals surface area (Å²) in [5.41, 5.74) is 10.8. The Bertz CT molecular complexity index is 3640. The summed E-state index contributed by atoms with van der Waals surface area (Å²) in [5.74, 6) is 0. The highest BCUT2D eigenvalue weighted by Crippen LogP contribution is 2.43. The van der Waals surface area contributed by atoms with E-state index in [-0.39, 0.29) is 0 Å². The Kier molecular flexibility index (Phi) is 6.10. The van der Waals surface area contributed by atoms with Crippen LogP contribution in [0.5, 0.6) is 0 Å². The highest BCUT2D eigenvalue weighted by Gasteiger charge is 2.24. The number of aromatic nitrogens is 3. The van der Waals surface area contributed by atoms with E-state index in [1.165, 1.54) is 10.8 Å². The standard InChI is InChI=1S/C50H27N5O/c51-28-30-25-32(27-47(40(30)29-52)55-43-18-8-3-13-35(43)36-14-4-9-19-44(36)55)54-45-23-21-31(53-41-16-6-1-11-33(41)34-12-2-7-17-42(34)53)26-39(45)49-46(54)24-22-38-37-15-5-10-20-48(37)56-50(38)49/h1-27H. The van der Waals surface area contributed by atoms with Crippen LogP contribution in [0.1, 0.15) is 11.1 Å². The minimum absolute atomic E-state index is 0.309. The molecule has 0 aliphatic rings. The summed E-state index contributed by atoms with van der Waals surface area (Å²) >= 11 is 0. The van der Waals surface area contributed by atoms with Gasteiger partial charge < -0.3 is 18.1 Å². The van der Waals surface area contributed by atoms with Gasteiger partial charge in [-0.2, -0.15) is 10.5 Å². The molecule has 0 spiro atoms. The van der Waals surface area contributed by atoms with Crippen LogP contribution < -0.4 is 0 Å². The first-order valence-corrected chi connectivity index (χ1v) is 18.6. The second-order valence-electron chi connectivity index (χ2n) is 14.3. The third kappa shape index (κ3) is 3.97. The fourth-order valence-electron chi connectivity index (χ4n) is 9.20. The highest BCUT2D eigenvalue weighted by atomic mass is 16.3. The average Bonchev–Trinajstić information content (AvgIpc) is 3.99. The van der Waals surface area contributed by atoms with E-state index in [4.69, 9.17) is 4.42 Å². The van der Waals surface area contributed by atoms with Crippen molar-refractivity contribution in [1.29, 1.82) is 10.5 Å². The summed E-state index contributed by atoms with van der Waals surface area (Å²) < 4.78 is 13.4. The minimum atomic E-state index is 0.309. The van der Waals surface area contributed by atoms with Crippen LogP contribution in [0.25, 0.3) is 104 Å². The smallest absolute Gasteiger partial charge is 0.145 e. The van der Waals surface area contributed by atoms with Crippen LogP contribution in [0.15, 0.2) is 168 Å². The van der Waals surface area contributed by atoms with Gasteiger partial charge in [0.2, 0.25) is 0 Å². The maximum atomic E-state index is 10.7. The normalized spacial score (nSPS) is 11.9. The van der Waals surface area contributed by atoms with E-state index in [1.807, 2.05) is 48.5 Å². The molecule has 258 valence electrons. The van der Waals surface area contributed by atoms with Gasteiger partial charge in [0.15, 0.2) is 0 Å². The molecule has 6 nitrogen and oxygen atoms in total. The molecule has 0 fully saturated rings. The Morgan fingerprint density at radius 3 is 1.52 bits per heavy atom. The molecule has 0 aliphatic carbocycles. The first-order chi connectivity index (χ1) is 27.7. The molecule has 56 heavy (non-hydrogen) atoms. The summed E-state index contributed by atoms with van der Waals surface area (Å²) in [6.45, 7) is 0. The van der Waals surface area contributed by atoms with Gasteiger partial charge in [-0.15, -0.1) is 0 Å². The van der Waals surface area contributed by atoms with Gasteiger partial charge in [0.25, 0.3) is 0 Å². The number of hydrogen-bond donors (Lipinski definition) is 0. The van der Waals surface area contributed by atoms with Gasteiger partial charge in [0.05, 0.1) is 55.3 Å². The summed E-state index contributed by atoms with van der Waals surface area (Å²) in [6.07, 6.45) is 0. The lowest BCUT2D eigenvalue weighted by Gasteiger charge is -2.16. The lowest BCUT2D eigenvalue weighted by Crippen LogP contribution is -2.04. The topological polar surface area (TPSA) is 75.5 Å². The molecular formula is C50H27N5O. The molecule has 12 rings (SSSR count). The van der Waals surface area contributed by atoms with Crippen LogP contribution in [0.4, 0.5) is 0 Å². The first-order valence-electron chi connectivity index (χ1n) is 18.6. The molecule has 0 bridgehead atoms. The van der Waals surface area contributed by atoms with E-state index in [2.05, 4.69) is 141 Å². The largest absolute Gasteiger partial charge is 0.455 e. The van der Waals surface area contributed by atoms with Crippen molar-refractivity contribution in [3.63, 3.8) is 0 Å². The number of hydrogen-bond acceptors (Lipinski definition) is 3. The molecule has 4 aromatic heterocycles. The Labute approximate surface area is 319 Å². The van der Waals surface area contributed by atoms with Gasteiger partial charge in [-0.1, -0.05) is 91.0 Å². The minimum Gasteiger partial charge on any atom is -0.455 e. The quantitative estimate of drug-likeness (QED) is 0.183. The molecule has 0 amide bonds. The third-order valence-electron chi connectivity index (χ3n) is 11.5. The zero-order valence-electron chi connectivity index (χ0n) is 29.7. The molecule has 0 atom stereocenters. The summed E-state index contributed by atoms with van der Waals surface area (Å²) in [4.78, 5) is 0. The molecule has 0 aliphatic heterocycles. The lowest BCUT2D eigenvalue weighted by molar-refractivity contribution is 0.673. The fourth-order valence-corrected chi connectivity index (χ4v) is 9.20. The van der Waals surface area contributed by atoms with Crippen LogP contribution in [-0.4, -0.2) is 13.7 Å². The molecule has 0 saturated carbocycles. The Morgan fingerprint density at radius 1 is 0.393 bits per heavy atom. The van der Waals surface area contributed by atoms with Crippen LogP contribution in [0.3, 0.4) is 0 Å². The second-order valence-corrected chi connectivity index (χ2v) is 14.3. The summed E-state index contributed by atoms with van der Waals surface area (Å²) in [7, 11) is 0. The van der Waals surface area contributed by atoms with E-state index in [0.29, 0.717) is 16.8 Å². The number of furan rings is 1. The van der Waals surface area contributed by atoms with E-state index >= 15 is 0 Å². The summed E-state index contributed by atoms with van der Waals surface area (Å²) in [6, 6.07) is 61.3. The van der Waals surface area contributed by atoms with Crippen molar-refractivity contribution in [1.82, 2.24) is 13.7 Å². The van der Waals surface area contributed by atoms with Gasteiger partial charge in [-0.3, -0.25) is 0 Å². The molecule has 0 N–H and O–H groups in total. The predicted molar refractivity (Wildman–Crippen MR) is 226 cm³/mol. The summed E-state index contributed by atoms with van der Waals surface area (Å²) in [5, 5.41) is 30.0. The van der Waals surface area contributed by atoms with Gasteiger partial charge in [0, 0.05) is 49.1 Å². The van der Waals surface area contributed by atoms with E-state index < -0.39 is 0 Å². The van der Waals surface area contributed by atoms with Crippen molar-refractivity contribution in [3.05, 3.63) is 175 Å².